The van der Waals surface area contributed by atoms with E-state index in [2.05, 4.69) is 16.9 Å². The first-order valence-electron chi connectivity index (χ1n) is 8.96. The van der Waals surface area contributed by atoms with Gasteiger partial charge in [0.15, 0.2) is 6.61 Å². The van der Waals surface area contributed by atoms with Crippen molar-refractivity contribution in [3.8, 4) is 11.5 Å². The molecule has 0 fully saturated rings. The zero-order valence-corrected chi connectivity index (χ0v) is 15.8. The molecule has 3 aromatic rings. The van der Waals surface area contributed by atoms with E-state index in [-0.39, 0.29) is 12.5 Å². The average Bonchev–Trinajstić information content (AvgIpc) is 3.27. The van der Waals surface area contributed by atoms with E-state index in [1.54, 1.807) is 24.2 Å². The van der Waals surface area contributed by atoms with Crippen molar-refractivity contribution in [2.24, 2.45) is 0 Å². The summed E-state index contributed by atoms with van der Waals surface area (Å²) < 4.78 is 12.7. The summed E-state index contributed by atoms with van der Waals surface area (Å²) in [4.78, 5) is 16.2. The molecule has 1 amide bonds. The van der Waals surface area contributed by atoms with Crippen LogP contribution in [0.2, 0.25) is 0 Å². The van der Waals surface area contributed by atoms with Gasteiger partial charge in [-0.15, -0.1) is 0 Å². The number of hydrogen-bond acceptors (Lipinski definition) is 4. The molecule has 0 spiro atoms. The number of rotatable bonds is 9. The van der Waals surface area contributed by atoms with Gasteiger partial charge in [0, 0.05) is 24.5 Å². The number of aromatic nitrogens is 2. The van der Waals surface area contributed by atoms with Gasteiger partial charge in [-0.05, 0) is 36.2 Å². The van der Waals surface area contributed by atoms with E-state index in [0.29, 0.717) is 12.3 Å². The topological polar surface area (TPSA) is 65.4 Å². The number of para-hydroxylation sites is 1. The summed E-state index contributed by atoms with van der Waals surface area (Å²) in [6, 6.07) is 15.3. The number of benzene rings is 2. The van der Waals surface area contributed by atoms with Gasteiger partial charge in [-0.2, -0.15) is 0 Å². The molecule has 1 heterocycles. The maximum atomic E-state index is 12.1. The van der Waals surface area contributed by atoms with Crippen LogP contribution in [0.25, 0.3) is 5.70 Å². The van der Waals surface area contributed by atoms with Crippen LogP contribution in [-0.4, -0.2) is 35.7 Å². The summed E-state index contributed by atoms with van der Waals surface area (Å²) in [5.41, 5.74) is 2.67. The van der Waals surface area contributed by atoms with Crippen molar-refractivity contribution in [1.29, 1.82) is 0 Å². The van der Waals surface area contributed by atoms with Crippen LogP contribution in [0.4, 0.5) is 0 Å². The lowest BCUT2D eigenvalue weighted by atomic mass is 10.1. The lowest BCUT2D eigenvalue weighted by Gasteiger charge is -2.14. The molecule has 0 unspecified atom stereocenters. The SMILES string of the molecule is C=C(c1ccccc1OCC(=O)NCCc1ccc(OC)cc1)n1ccnc1. The van der Waals surface area contributed by atoms with E-state index in [1.807, 2.05) is 54.7 Å². The van der Waals surface area contributed by atoms with Crippen molar-refractivity contribution in [2.45, 2.75) is 6.42 Å². The number of amides is 1. The maximum Gasteiger partial charge on any atom is 0.257 e. The molecule has 144 valence electrons. The van der Waals surface area contributed by atoms with Gasteiger partial charge < -0.3 is 19.4 Å². The highest BCUT2D eigenvalue weighted by atomic mass is 16.5. The predicted octanol–water partition coefficient (Wildman–Crippen LogP) is 3.15. The van der Waals surface area contributed by atoms with Gasteiger partial charge in [-0.3, -0.25) is 4.79 Å². The summed E-state index contributed by atoms with van der Waals surface area (Å²) in [7, 11) is 1.64. The highest BCUT2D eigenvalue weighted by Gasteiger charge is 2.10. The first kappa shape index (κ1) is 19.2. The van der Waals surface area contributed by atoms with Crippen LogP contribution in [-0.2, 0) is 11.2 Å². The van der Waals surface area contributed by atoms with Crippen molar-refractivity contribution in [1.82, 2.24) is 14.9 Å². The number of carbonyl (C=O) groups excluding carboxylic acids is 1. The molecule has 0 saturated carbocycles. The second kappa shape index (κ2) is 9.41. The third kappa shape index (κ3) is 5.01. The van der Waals surface area contributed by atoms with E-state index >= 15 is 0 Å². The molecule has 1 aromatic heterocycles. The quantitative estimate of drug-likeness (QED) is 0.622. The maximum absolute atomic E-state index is 12.1. The van der Waals surface area contributed by atoms with Crippen LogP contribution in [0.1, 0.15) is 11.1 Å². The van der Waals surface area contributed by atoms with Gasteiger partial charge in [-0.25, -0.2) is 4.98 Å². The van der Waals surface area contributed by atoms with Gasteiger partial charge >= 0.3 is 0 Å². The summed E-state index contributed by atoms with van der Waals surface area (Å²) >= 11 is 0. The summed E-state index contributed by atoms with van der Waals surface area (Å²) in [6.07, 6.45) is 5.91. The van der Waals surface area contributed by atoms with Crippen molar-refractivity contribution in [3.63, 3.8) is 0 Å². The number of methoxy groups -OCH3 is 1. The fraction of sp³-hybridized carbons (Fsp3) is 0.182. The minimum atomic E-state index is -0.170. The highest BCUT2D eigenvalue weighted by molar-refractivity contribution is 5.78. The Hall–Kier alpha value is -3.54. The third-order valence-corrected chi connectivity index (χ3v) is 4.27. The molecule has 0 saturated heterocycles. The molecule has 3 rings (SSSR count). The molecule has 0 radical (unpaired) electrons. The molecule has 2 aromatic carbocycles. The van der Waals surface area contributed by atoms with E-state index in [0.717, 1.165) is 29.0 Å². The molecule has 1 N–H and O–H groups in total. The molecule has 6 nitrogen and oxygen atoms in total. The van der Waals surface area contributed by atoms with Crippen LogP contribution in [0, 0.1) is 0 Å². The largest absolute Gasteiger partial charge is 0.497 e. The Balaban J connectivity index is 1.50. The first-order chi connectivity index (χ1) is 13.7. The molecule has 6 heteroatoms. The van der Waals surface area contributed by atoms with Gasteiger partial charge in [0.2, 0.25) is 0 Å². The minimum absolute atomic E-state index is 0.0587. The average molecular weight is 377 g/mol. The summed E-state index contributed by atoms with van der Waals surface area (Å²) in [6.45, 7) is 4.57. The second-order valence-corrected chi connectivity index (χ2v) is 6.15. The van der Waals surface area contributed by atoms with Gasteiger partial charge in [-0.1, -0.05) is 30.8 Å². The number of nitrogens with one attached hydrogen (secondary N) is 1. The third-order valence-electron chi connectivity index (χ3n) is 4.27. The van der Waals surface area contributed by atoms with Crippen LogP contribution in [0.3, 0.4) is 0 Å². The Kier molecular flexibility index (Phi) is 6.46. The number of carbonyl (C=O) groups is 1. The number of hydrogen-bond donors (Lipinski definition) is 1. The summed E-state index contributed by atoms with van der Waals surface area (Å²) in [5, 5.41) is 2.87. The Morgan fingerprint density at radius 2 is 1.96 bits per heavy atom. The molecule has 0 aliphatic heterocycles. The number of nitrogens with zero attached hydrogens (tertiary/aromatic N) is 2. The fourth-order valence-electron chi connectivity index (χ4n) is 2.72. The number of imidazole rings is 1. The fourth-order valence-corrected chi connectivity index (χ4v) is 2.72. The molecule has 28 heavy (non-hydrogen) atoms. The highest BCUT2D eigenvalue weighted by Crippen LogP contribution is 2.25. The lowest BCUT2D eigenvalue weighted by Crippen LogP contribution is -2.30. The van der Waals surface area contributed by atoms with Gasteiger partial charge in [0.1, 0.15) is 11.5 Å². The molecule has 0 bridgehead atoms. The van der Waals surface area contributed by atoms with E-state index in [9.17, 15) is 4.79 Å². The first-order valence-corrected chi connectivity index (χ1v) is 8.96. The van der Waals surface area contributed by atoms with E-state index in [4.69, 9.17) is 9.47 Å². The standard InChI is InChI=1S/C22H23N3O3/c1-17(25-14-13-23-16-25)20-5-3-4-6-21(20)28-15-22(26)24-12-11-18-7-9-19(27-2)10-8-18/h3-10,13-14,16H,1,11-12,15H2,2H3,(H,24,26). The summed E-state index contributed by atoms with van der Waals surface area (Å²) in [5.74, 6) is 1.25. The Bertz CT molecular complexity index is 918. The zero-order valence-electron chi connectivity index (χ0n) is 15.8. The van der Waals surface area contributed by atoms with E-state index in [1.165, 1.54) is 0 Å². The van der Waals surface area contributed by atoms with Gasteiger partial charge in [0.05, 0.1) is 19.1 Å². The van der Waals surface area contributed by atoms with Crippen LogP contribution in [0.5, 0.6) is 11.5 Å². The molecule has 0 atom stereocenters. The Morgan fingerprint density at radius 3 is 2.68 bits per heavy atom. The van der Waals surface area contributed by atoms with Crippen LogP contribution < -0.4 is 14.8 Å². The normalized spacial score (nSPS) is 10.3. The molecule has 0 aliphatic carbocycles. The molecular weight excluding hydrogens is 354 g/mol. The Morgan fingerprint density at radius 1 is 1.18 bits per heavy atom. The van der Waals surface area contributed by atoms with Crippen molar-refractivity contribution < 1.29 is 14.3 Å². The molecule has 0 aliphatic rings. The predicted molar refractivity (Wildman–Crippen MR) is 108 cm³/mol. The minimum Gasteiger partial charge on any atom is -0.497 e. The van der Waals surface area contributed by atoms with E-state index < -0.39 is 0 Å². The Labute approximate surface area is 164 Å². The monoisotopic (exact) mass is 377 g/mol. The molecular formula is C22H23N3O3. The van der Waals surface area contributed by atoms with Gasteiger partial charge in [0.25, 0.3) is 5.91 Å². The van der Waals surface area contributed by atoms with Crippen molar-refractivity contribution >= 4 is 11.6 Å². The smallest absolute Gasteiger partial charge is 0.257 e. The second-order valence-electron chi connectivity index (χ2n) is 6.15. The van der Waals surface area contributed by atoms with Crippen molar-refractivity contribution in [3.05, 3.63) is 85.0 Å². The van der Waals surface area contributed by atoms with Crippen LogP contribution in [0.15, 0.2) is 73.8 Å². The number of ether oxygens (including phenoxy) is 2. The lowest BCUT2D eigenvalue weighted by molar-refractivity contribution is -0.123. The zero-order chi connectivity index (χ0) is 19.8. The van der Waals surface area contributed by atoms with Crippen LogP contribution >= 0.6 is 0 Å². The van der Waals surface area contributed by atoms with Crippen molar-refractivity contribution in [2.75, 3.05) is 20.3 Å².